The SMILES string of the molecule is CN(C)C[C@@]1(F)C[C@@H](C(C)(C)C)N(C(C)(C)C)C1. The van der Waals surface area contributed by atoms with Crippen molar-refractivity contribution in [2.24, 2.45) is 5.41 Å². The average molecular weight is 258 g/mol. The molecule has 0 saturated carbocycles. The van der Waals surface area contributed by atoms with E-state index >= 15 is 4.39 Å². The van der Waals surface area contributed by atoms with Gasteiger partial charge in [0.25, 0.3) is 0 Å². The zero-order valence-corrected chi connectivity index (χ0v) is 13.5. The summed E-state index contributed by atoms with van der Waals surface area (Å²) in [5.41, 5.74) is -0.930. The highest BCUT2D eigenvalue weighted by Crippen LogP contribution is 2.43. The number of rotatable bonds is 2. The number of nitrogens with zero attached hydrogens (tertiary/aromatic N) is 2. The van der Waals surface area contributed by atoms with Crippen LogP contribution in [0.4, 0.5) is 4.39 Å². The minimum atomic E-state index is -1.07. The molecule has 18 heavy (non-hydrogen) atoms. The van der Waals surface area contributed by atoms with E-state index in [9.17, 15) is 0 Å². The summed E-state index contributed by atoms with van der Waals surface area (Å²) < 4.78 is 15.0. The summed E-state index contributed by atoms with van der Waals surface area (Å²) in [6.45, 7) is 14.3. The molecule has 0 aromatic carbocycles. The van der Waals surface area contributed by atoms with Crippen molar-refractivity contribution in [2.45, 2.75) is 65.2 Å². The van der Waals surface area contributed by atoms with Crippen LogP contribution in [0.25, 0.3) is 0 Å². The van der Waals surface area contributed by atoms with Crippen LogP contribution in [-0.2, 0) is 0 Å². The van der Waals surface area contributed by atoms with Crippen LogP contribution >= 0.6 is 0 Å². The third kappa shape index (κ3) is 3.67. The van der Waals surface area contributed by atoms with Crippen LogP contribution in [0.2, 0.25) is 0 Å². The van der Waals surface area contributed by atoms with E-state index < -0.39 is 5.67 Å². The van der Waals surface area contributed by atoms with Gasteiger partial charge in [0.1, 0.15) is 5.67 Å². The molecular formula is C15H31FN2. The first kappa shape index (κ1) is 15.9. The Morgan fingerprint density at radius 2 is 1.67 bits per heavy atom. The molecule has 2 atom stereocenters. The van der Waals surface area contributed by atoms with Crippen molar-refractivity contribution in [2.75, 3.05) is 27.2 Å². The molecule has 1 aliphatic heterocycles. The monoisotopic (exact) mass is 258 g/mol. The largest absolute Gasteiger partial charge is 0.306 e. The van der Waals surface area contributed by atoms with Crippen molar-refractivity contribution >= 4 is 0 Å². The van der Waals surface area contributed by atoms with E-state index in [0.717, 1.165) is 0 Å². The van der Waals surface area contributed by atoms with Gasteiger partial charge in [-0.05, 0) is 46.7 Å². The molecule has 0 amide bonds. The van der Waals surface area contributed by atoms with Crippen molar-refractivity contribution in [3.05, 3.63) is 0 Å². The molecular weight excluding hydrogens is 227 g/mol. The van der Waals surface area contributed by atoms with Crippen LogP contribution in [-0.4, -0.2) is 54.2 Å². The zero-order chi connectivity index (χ0) is 14.4. The van der Waals surface area contributed by atoms with Crippen LogP contribution in [0.3, 0.4) is 0 Å². The van der Waals surface area contributed by atoms with Crippen LogP contribution in [0.1, 0.15) is 48.0 Å². The Morgan fingerprint density at radius 3 is 1.94 bits per heavy atom. The van der Waals surface area contributed by atoms with Gasteiger partial charge in [-0.3, -0.25) is 4.90 Å². The van der Waals surface area contributed by atoms with Crippen molar-refractivity contribution in [3.8, 4) is 0 Å². The molecule has 0 aliphatic carbocycles. The molecule has 1 heterocycles. The smallest absolute Gasteiger partial charge is 0.137 e. The second kappa shape index (κ2) is 4.75. The first-order valence-corrected chi connectivity index (χ1v) is 6.96. The van der Waals surface area contributed by atoms with Gasteiger partial charge < -0.3 is 4.90 Å². The molecule has 108 valence electrons. The molecule has 0 unspecified atom stereocenters. The van der Waals surface area contributed by atoms with E-state index in [0.29, 0.717) is 25.6 Å². The summed E-state index contributed by atoms with van der Waals surface area (Å²) in [7, 11) is 3.90. The molecule has 0 radical (unpaired) electrons. The molecule has 0 aromatic heterocycles. The fourth-order valence-corrected chi connectivity index (χ4v) is 3.10. The minimum absolute atomic E-state index is 0.0259. The Balaban J connectivity index is 2.96. The van der Waals surface area contributed by atoms with Crippen molar-refractivity contribution in [1.82, 2.24) is 9.80 Å². The van der Waals surface area contributed by atoms with Crippen LogP contribution in [0, 0.1) is 5.41 Å². The van der Waals surface area contributed by atoms with Gasteiger partial charge in [0, 0.05) is 24.7 Å². The molecule has 0 aromatic rings. The number of halogens is 1. The van der Waals surface area contributed by atoms with Crippen molar-refractivity contribution in [3.63, 3.8) is 0 Å². The quantitative estimate of drug-likeness (QED) is 0.750. The summed E-state index contributed by atoms with van der Waals surface area (Å²) in [5, 5.41) is 0. The topological polar surface area (TPSA) is 6.48 Å². The minimum Gasteiger partial charge on any atom is -0.306 e. The van der Waals surface area contributed by atoms with E-state index in [1.807, 2.05) is 19.0 Å². The van der Waals surface area contributed by atoms with E-state index in [1.54, 1.807) is 0 Å². The lowest BCUT2D eigenvalue weighted by atomic mass is 9.82. The number of likely N-dealkylation sites (tertiary alicyclic amines) is 1. The fraction of sp³-hybridized carbons (Fsp3) is 1.00. The molecule has 0 N–H and O–H groups in total. The van der Waals surface area contributed by atoms with Gasteiger partial charge in [-0.2, -0.15) is 0 Å². The number of hydrogen-bond donors (Lipinski definition) is 0. The predicted molar refractivity (Wildman–Crippen MR) is 76.7 cm³/mol. The highest BCUT2D eigenvalue weighted by molar-refractivity contribution is 5.05. The molecule has 3 heteroatoms. The summed E-state index contributed by atoms with van der Waals surface area (Å²) in [6.07, 6.45) is 0.645. The van der Waals surface area contributed by atoms with Crippen LogP contribution < -0.4 is 0 Å². The van der Waals surface area contributed by atoms with Crippen LogP contribution in [0.5, 0.6) is 0 Å². The van der Waals surface area contributed by atoms with Gasteiger partial charge in [0.2, 0.25) is 0 Å². The summed E-state index contributed by atoms with van der Waals surface area (Å²) in [4.78, 5) is 4.32. The van der Waals surface area contributed by atoms with Gasteiger partial charge in [-0.15, -0.1) is 0 Å². The first-order valence-electron chi connectivity index (χ1n) is 6.96. The molecule has 0 spiro atoms. The maximum absolute atomic E-state index is 15.0. The molecule has 1 fully saturated rings. The standard InChI is InChI=1S/C15H31FN2/c1-13(2,3)12-9-15(16,10-17(7)8)11-18(12)14(4,5)6/h12H,9-11H2,1-8H3/t12-,15-/m0/s1. The zero-order valence-electron chi connectivity index (χ0n) is 13.5. The second-order valence-electron chi connectivity index (χ2n) is 8.27. The Morgan fingerprint density at radius 1 is 1.17 bits per heavy atom. The highest BCUT2D eigenvalue weighted by atomic mass is 19.1. The lowest BCUT2D eigenvalue weighted by molar-refractivity contribution is 0.0513. The molecule has 0 bridgehead atoms. The lowest BCUT2D eigenvalue weighted by Gasteiger charge is -2.42. The second-order valence-corrected chi connectivity index (χ2v) is 8.27. The fourth-order valence-electron chi connectivity index (χ4n) is 3.10. The van der Waals surface area contributed by atoms with Crippen LogP contribution in [0.15, 0.2) is 0 Å². The van der Waals surface area contributed by atoms with Crippen molar-refractivity contribution in [1.29, 1.82) is 0 Å². The Bertz CT molecular complexity index is 264. The van der Waals surface area contributed by atoms with Crippen molar-refractivity contribution < 1.29 is 4.39 Å². The third-order valence-corrected chi connectivity index (χ3v) is 3.85. The molecule has 2 nitrogen and oxygen atoms in total. The molecule has 1 rings (SSSR count). The Hall–Kier alpha value is -0.150. The lowest BCUT2D eigenvalue weighted by Crippen LogP contribution is -2.50. The van der Waals surface area contributed by atoms with Gasteiger partial charge in [-0.1, -0.05) is 20.8 Å². The van der Waals surface area contributed by atoms with E-state index in [-0.39, 0.29) is 11.0 Å². The summed E-state index contributed by atoms with van der Waals surface area (Å²) in [5.74, 6) is 0. The summed E-state index contributed by atoms with van der Waals surface area (Å²) in [6, 6.07) is 0.308. The Kier molecular flexibility index (Phi) is 4.20. The highest BCUT2D eigenvalue weighted by Gasteiger charge is 2.51. The van der Waals surface area contributed by atoms with Gasteiger partial charge in [-0.25, -0.2) is 4.39 Å². The maximum atomic E-state index is 15.0. The van der Waals surface area contributed by atoms with E-state index in [1.165, 1.54) is 0 Å². The van der Waals surface area contributed by atoms with Gasteiger partial charge in [0.05, 0.1) is 0 Å². The summed E-state index contributed by atoms with van der Waals surface area (Å²) >= 11 is 0. The molecule has 1 aliphatic rings. The maximum Gasteiger partial charge on any atom is 0.137 e. The number of hydrogen-bond acceptors (Lipinski definition) is 2. The molecule has 1 saturated heterocycles. The first-order chi connectivity index (χ1) is 7.85. The van der Waals surface area contributed by atoms with E-state index in [2.05, 4.69) is 46.4 Å². The average Bonchev–Trinajstić information content (AvgIpc) is 2.39. The van der Waals surface area contributed by atoms with Gasteiger partial charge >= 0.3 is 0 Å². The predicted octanol–water partition coefficient (Wildman–Crippen LogP) is 3.18. The number of alkyl halides is 1. The van der Waals surface area contributed by atoms with E-state index in [4.69, 9.17) is 0 Å². The van der Waals surface area contributed by atoms with Gasteiger partial charge in [0.15, 0.2) is 0 Å². The normalized spacial score (nSPS) is 31.3. The third-order valence-electron chi connectivity index (χ3n) is 3.85. The Labute approximate surface area is 113 Å².